The van der Waals surface area contributed by atoms with Crippen molar-refractivity contribution in [2.45, 2.75) is 20.3 Å². The number of rotatable bonds is 5. The number of hydrogen-bond donors (Lipinski definition) is 1. The van der Waals surface area contributed by atoms with Crippen molar-refractivity contribution in [2.75, 3.05) is 19.0 Å². The van der Waals surface area contributed by atoms with Gasteiger partial charge in [0.2, 0.25) is 5.91 Å². The lowest BCUT2D eigenvalue weighted by atomic mass is 10.2. The Hall–Kier alpha value is -1.28. The maximum absolute atomic E-state index is 11.6. The maximum atomic E-state index is 11.6. The van der Waals surface area contributed by atoms with Crippen LogP contribution >= 0.6 is 11.6 Å². The van der Waals surface area contributed by atoms with Gasteiger partial charge in [0.25, 0.3) is 0 Å². The van der Waals surface area contributed by atoms with Crippen LogP contribution in [0.2, 0.25) is 0 Å². The quantitative estimate of drug-likeness (QED) is 0.743. The Morgan fingerprint density at radius 2 is 2.19 bits per heavy atom. The summed E-state index contributed by atoms with van der Waals surface area (Å²) in [5.41, 5.74) is 0. The van der Waals surface area contributed by atoms with E-state index in [1.54, 1.807) is 13.8 Å². The highest BCUT2D eigenvalue weighted by atomic mass is 35.5. The van der Waals surface area contributed by atoms with Gasteiger partial charge in [-0.25, -0.2) is 4.79 Å². The second-order valence-corrected chi connectivity index (χ2v) is 3.74. The Morgan fingerprint density at radius 3 is 2.62 bits per heavy atom. The minimum absolute atomic E-state index is 0.110. The summed E-state index contributed by atoms with van der Waals surface area (Å²) in [4.78, 5) is 24.1. The van der Waals surface area contributed by atoms with Crippen LogP contribution in [0.15, 0.2) is 0 Å². The van der Waals surface area contributed by atoms with Gasteiger partial charge in [-0.05, 0) is 13.8 Å². The molecule has 0 aliphatic carbocycles. The third kappa shape index (κ3) is 5.56. The SMILES string of the molecule is CCN(CC(C)C#N)C(=O)NC(=O)CCCl. The van der Waals surface area contributed by atoms with Crippen molar-refractivity contribution in [1.29, 1.82) is 5.26 Å². The first kappa shape index (κ1) is 14.7. The average Bonchev–Trinajstić information content (AvgIpc) is 2.25. The molecule has 0 saturated carbocycles. The van der Waals surface area contributed by atoms with Gasteiger partial charge in [0.15, 0.2) is 0 Å². The number of imide groups is 1. The molecule has 0 aromatic carbocycles. The largest absolute Gasteiger partial charge is 0.324 e. The van der Waals surface area contributed by atoms with E-state index in [0.717, 1.165) is 0 Å². The van der Waals surface area contributed by atoms with Gasteiger partial charge in [-0.3, -0.25) is 10.1 Å². The monoisotopic (exact) mass is 245 g/mol. The molecule has 6 heteroatoms. The third-order valence-electron chi connectivity index (χ3n) is 1.95. The van der Waals surface area contributed by atoms with Crippen LogP contribution in [-0.4, -0.2) is 35.8 Å². The van der Waals surface area contributed by atoms with Gasteiger partial charge < -0.3 is 4.90 Å². The number of alkyl halides is 1. The van der Waals surface area contributed by atoms with E-state index in [9.17, 15) is 9.59 Å². The van der Waals surface area contributed by atoms with Crippen LogP contribution in [0.3, 0.4) is 0 Å². The van der Waals surface area contributed by atoms with E-state index in [1.165, 1.54) is 4.90 Å². The average molecular weight is 246 g/mol. The van der Waals surface area contributed by atoms with E-state index in [1.807, 2.05) is 6.07 Å². The van der Waals surface area contributed by atoms with Crippen LogP contribution in [0.5, 0.6) is 0 Å². The first-order chi connectivity index (χ1) is 7.54. The molecule has 0 spiro atoms. The molecule has 0 saturated heterocycles. The summed E-state index contributed by atoms with van der Waals surface area (Å²) >= 11 is 5.37. The molecular weight excluding hydrogens is 230 g/mol. The first-order valence-electron chi connectivity index (χ1n) is 5.09. The van der Waals surface area contributed by atoms with Gasteiger partial charge in [-0.15, -0.1) is 11.6 Å². The zero-order valence-electron chi connectivity index (χ0n) is 9.49. The fourth-order valence-electron chi connectivity index (χ4n) is 1.07. The van der Waals surface area contributed by atoms with E-state index in [2.05, 4.69) is 5.32 Å². The molecule has 0 rings (SSSR count). The van der Waals surface area contributed by atoms with Gasteiger partial charge in [0.1, 0.15) is 0 Å². The Bertz CT molecular complexity index is 288. The lowest BCUT2D eigenvalue weighted by Crippen LogP contribution is -2.44. The second-order valence-electron chi connectivity index (χ2n) is 3.36. The number of carbonyl (C=O) groups excluding carboxylic acids is 2. The molecule has 3 amide bonds. The van der Waals surface area contributed by atoms with Crippen LogP contribution in [-0.2, 0) is 4.79 Å². The zero-order chi connectivity index (χ0) is 12.6. The van der Waals surface area contributed by atoms with Crippen LogP contribution < -0.4 is 5.32 Å². The van der Waals surface area contributed by atoms with Crippen molar-refractivity contribution < 1.29 is 9.59 Å². The van der Waals surface area contributed by atoms with Crippen molar-refractivity contribution >= 4 is 23.5 Å². The van der Waals surface area contributed by atoms with Crippen molar-refractivity contribution in [2.24, 2.45) is 5.92 Å². The molecule has 5 nitrogen and oxygen atoms in total. The van der Waals surface area contributed by atoms with Crippen LogP contribution in [0.4, 0.5) is 4.79 Å². The predicted octanol–water partition coefficient (Wildman–Crippen LogP) is 1.33. The summed E-state index contributed by atoms with van der Waals surface area (Å²) in [6.45, 7) is 4.27. The summed E-state index contributed by atoms with van der Waals surface area (Å²) < 4.78 is 0. The van der Waals surface area contributed by atoms with E-state index >= 15 is 0 Å². The molecule has 0 bridgehead atoms. The number of nitriles is 1. The van der Waals surface area contributed by atoms with Crippen molar-refractivity contribution in [3.63, 3.8) is 0 Å². The van der Waals surface area contributed by atoms with Crippen molar-refractivity contribution in [3.8, 4) is 6.07 Å². The molecule has 0 aromatic heterocycles. The summed E-state index contributed by atoms with van der Waals surface area (Å²) in [7, 11) is 0. The molecule has 0 aliphatic heterocycles. The second kappa shape index (κ2) is 7.94. The highest BCUT2D eigenvalue weighted by molar-refractivity contribution is 6.19. The van der Waals surface area contributed by atoms with Gasteiger partial charge in [0.05, 0.1) is 12.0 Å². The molecule has 1 atom stereocenters. The molecular formula is C10H16ClN3O2. The highest BCUT2D eigenvalue weighted by Crippen LogP contribution is 1.99. The zero-order valence-corrected chi connectivity index (χ0v) is 10.3. The molecule has 90 valence electrons. The standard InChI is InChI=1S/C10H16ClN3O2/c1-3-14(7-8(2)6-12)10(16)13-9(15)4-5-11/h8H,3-5,7H2,1-2H3,(H,13,15,16). The van der Waals surface area contributed by atoms with Gasteiger partial charge in [-0.2, -0.15) is 5.26 Å². The van der Waals surface area contributed by atoms with E-state index in [0.29, 0.717) is 13.1 Å². The molecule has 16 heavy (non-hydrogen) atoms. The number of carbonyl (C=O) groups is 2. The lowest BCUT2D eigenvalue weighted by Gasteiger charge is -2.21. The van der Waals surface area contributed by atoms with Crippen LogP contribution in [0.25, 0.3) is 0 Å². The number of urea groups is 1. The molecule has 1 N–H and O–H groups in total. The lowest BCUT2D eigenvalue weighted by molar-refractivity contribution is -0.119. The van der Waals surface area contributed by atoms with E-state index < -0.39 is 11.9 Å². The minimum atomic E-state index is -0.472. The Balaban J connectivity index is 4.21. The fraction of sp³-hybridized carbons (Fsp3) is 0.700. The smallest absolute Gasteiger partial charge is 0.323 e. The Labute approximate surface area is 100 Å². The molecule has 0 fully saturated rings. The minimum Gasteiger partial charge on any atom is -0.323 e. The van der Waals surface area contributed by atoms with Gasteiger partial charge in [0, 0.05) is 25.4 Å². The topological polar surface area (TPSA) is 73.2 Å². The third-order valence-corrected chi connectivity index (χ3v) is 2.14. The van der Waals surface area contributed by atoms with Crippen LogP contribution in [0, 0.1) is 17.2 Å². The number of hydrogen-bond acceptors (Lipinski definition) is 3. The fourth-order valence-corrected chi connectivity index (χ4v) is 1.25. The van der Waals surface area contributed by atoms with E-state index in [-0.39, 0.29) is 18.2 Å². The summed E-state index contributed by atoms with van der Waals surface area (Å²) in [6, 6.07) is 1.56. The van der Waals surface area contributed by atoms with Crippen molar-refractivity contribution in [1.82, 2.24) is 10.2 Å². The molecule has 1 unspecified atom stereocenters. The Morgan fingerprint density at radius 1 is 1.56 bits per heavy atom. The van der Waals surface area contributed by atoms with Gasteiger partial charge >= 0.3 is 6.03 Å². The van der Waals surface area contributed by atoms with Gasteiger partial charge in [-0.1, -0.05) is 0 Å². The first-order valence-corrected chi connectivity index (χ1v) is 5.62. The highest BCUT2D eigenvalue weighted by Gasteiger charge is 2.16. The predicted molar refractivity (Wildman–Crippen MR) is 60.9 cm³/mol. The summed E-state index contributed by atoms with van der Waals surface area (Å²) in [5, 5.41) is 10.8. The molecule has 0 heterocycles. The molecule has 0 aliphatic rings. The van der Waals surface area contributed by atoms with Crippen molar-refractivity contribution in [3.05, 3.63) is 0 Å². The van der Waals surface area contributed by atoms with Crippen LogP contribution in [0.1, 0.15) is 20.3 Å². The number of nitrogens with zero attached hydrogens (tertiary/aromatic N) is 2. The summed E-state index contributed by atoms with van der Waals surface area (Å²) in [5.74, 6) is -0.475. The molecule has 0 radical (unpaired) electrons. The van der Waals surface area contributed by atoms with E-state index in [4.69, 9.17) is 16.9 Å². The normalized spacial score (nSPS) is 11.4. The number of nitrogens with one attached hydrogen (secondary N) is 1. The molecule has 0 aromatic rings. The maximum Gasteiger partial charge on any atom is 0.324 e. The summed E-state index contributed by atoms with van der Waals surface area (Å²) in [6.07, 6.45) is 0.110. The number of halogens is 1. The number of amides is 3. The Kier molecular flexibility index (Phi) is 7.31.